The van der Waals surface area contributed by atoms with E-state index in [-0.39, 0.29) is 70.7 Å². The summed E-state index contributed by atoms with van der Waals surface area (Å²) < 4.78 is 5.16. The monoisotopic (exact) mass is 631 g/mol. The van der Waals surface area contributed by atoms with Gasteiger partial charge in [0.2, 0.25) is 23.6 Å². The number of nitrogens with zero attached hydrogens (tertiary/aromatic N) is 2. The molecule has 2 aliphatic rings. The third kappa shape index (κ3) is 12.5. The molecule has 0 aromatic heterocycles. The molecule has 5 N–H and O–H groups in total. The first-order valence-corrected chi connectivity index (χ1v) is 14.2. The molecule has 1 unspecified atom stereocenters. The number of amides is 9. The van der Waals surface area contributed by atoms with Crippen LogP contribution in [0.15, 0.2) is 36.6 Å². The van der Waals surface area contributed by atoms with Gasteiger partial charge in [0.05, 0.1) is 6.61 Å². The van der Waals surface area contributed by atoms with Crippen molar-refractivity contribution in [1.82, 2.24) is 36.4 Å². The van der Waals surface area contributed by atoms with Crippen LogP contribution in [0.3, 0.4) is 0 Å². The summed E-state index contributed by atoms with van der Waals surface area (Å²) in [5.41, 5.74) is -0.366. The van der Waals surface area contributed by atoms with Crippen LogP contribution in [0.4, 0.5) is 0 Å². The molecule has 0 bridgehead atoms. The Morgan fingerprint density at radius 2 is 1.20 bits per heavy atom. The predicted octanol–water partition coefficient (Wildman–Crippen LogP) is -3.10. The molecule has 0 fully saturated rings. The van der Waals surface area contributed by atoms with Crippen molar-refractivity contribution in [1.29, 1.82) is 0 Å². The van der Waals surface area contributed by atoms with Gasteiger partial charge in [-0.1, -0.05) is 6.58 Å². The molecule has 0 aromatic rings. The maximum Gasteiger partial charge on any atom is 0.267 e. The molecule has 0 saturated carbocycles. The van der Waals surface area contributed by atoms with Crippen LogP contribution in [-0.2, 0) is 47.9 Å². The van der Waals surface area contributed by atoms with Gasteiger partial charge < -0.3 is 31.3 Å². The number of nitrogens with one attached hydrogen (secondary N) is 5. The van der Waals surface area contributed by atoms with E-state index in [9.17, 15) is 43.2 Å². The van der Waals surface area contributed by atoms with Crippen molar-refractivity contribution in [2.75, 3.05) is 45.9 Å². The number of carbonyl (C=O) groups is 9. The fraction of sp³-hybridized carbons (Fsp3) is 0.464. The lowest BCUT2D eigenvalue weighted by Crippen LogP contribution is -2.44. The second-order valence-electron chi connectivity index (χ2n) is 9.63. The largest absolute Gasteiger partial charge is 0.381 e. The van der Waals surface area contributed by atoms with Gasteiger partial charge in [0.1, 0.15) is 5.70 Å². The van der Waals surface area contributed by atoms with E-state index >= 15 is 0 Å². The number of imide groups is 2. The van der Waals surface area contributed by atoms with Crippen LogP contribution in [0.25, 0.3) is 0 Å². The second kappa shape index (κ2) is 18.5. The second-order valence-corrected chi connectivity index (χ2v) is 9.63. The molecular weight excluding hydrogens is 594 g/mol. The van der Waals surface area contributed by atoms with Crippen LogP contribution in [0, 0.1) is 0 Å². The Hall–Kier alpha value is -5.19. The summed E-state index contributed by atoms with van der Waals surface area (Å²) in [5, 5.41) is 12.7. The highest BCUT2D eigenvalue weighted by molar-refractivity contribution is 6.18. The summed E-state index contributed by atoms with van der Waals surface area (Å²) in [6, 6.07) is -0.882. The molecule has 17 nitrogen and oxygen atoms in total. The van der Waals surface area contributed by atoms with Crippen LogP contribution in [0.5, 0.6) is 0 Å². The summed E-state index contributed by atoms with van der Waals surface area (Å²) in [6.45, 7) is 5.71. The molecule has 2 rings (SSSR count). The first kappa shape index (κ1) is 36.0. The Bertz CT molecular complexity index is 1240. The summed E-state index contributed by atoms with van der Waals surface area (Å²) in [6.07, 6.45) is 3.65. The van der Waals surface area contributed by atoms with E-state index in [4.69, 9.17) is 4.74 Å². The molecule has 2 heterocycles. The van der Waals surface area contributed by atoms with Crippen LogP contribution in [-0.4, -0.2) is 115 Å². The minimum atomic E-state index is -0.882. The zero-order chi connectivity index (χ0) is 33.4. The molecule has 0 aromatic carbocycles. The van der Waals surface area contributed by atoms with Crippen molar-refractivity contribution in [2.45, 2.75) is 38.6 Å². The normalized spacial score (nSPS) is 14.4. The van der Waals surface area contributed by atoms with Crippen molar-refractivity contribution in [2.24, 2.45) is 0 Å². The summed E-state index contributed by atoms with van der Waals surface area (Å²) >= 11 is 0. The number of hydrogen-bond donors (Lipinski definition) is 5. The fourth-order valence-corrected chi connectivity index (χ4v) is 3.98. The molecule has 1 atom stereocenters. The van der Waals surface area contributed by atoms with E-state index in [1.165, 1.54) is 0 Å². The molecule has 0 aliphatic carbocycles. The zero-order valence-electron chi connectivity index (χ0n) is 24.8. The van der Waals surface area contributed by atoms with Crippen molar-refractivity contribution in [3.05, 3.63) is 36.6 Å². The van der Waals surface area contributed by atoms with Gasteiger partial charge in [-0.3, -0.25) is 48.1 Å². The van der Waals surface area contributed by atoms with E-state index in [0.717, 1.165) is 29.2 Å². The third-order valence-electron chi connectivity index (χ3n) is 6.21. The molecule has 0 spiro atoms. The van der Waals surface area contributed by atoms with E-state index in [1.54, 1.807) is 6.92 Å². The molecule has 244 valence electrons. The van der Waals surface area contributed by atoms with Gasteiger partial charge in [0.15, 0.2) is 0 Å². The Labute approximate surface area is 258 Å². The minimum Gasteiger partial charge on any atom is -0.381 e. The molecular formula is C28H37N7O10. The fourth-order valence-electron chi connectivity index (χ4n) is 3.98. The smallest absolute Gasteiger partial charge is 0.267 e. The number of rotatable bonds is 20. The number of ether oxygens (including phenoxy) is 1. The molecule has 0 saturated heterocycles. The summed E-state index contributed by atoms with van der Waals surface area (Å²) in [4.78, 5) is 110. The highest BCUT2D eigenvalue weighted by atomic mass is 16.5. The molecule has 0 radical (unpaired) electrons. The highest BCUT2D eigenvalue weighted by Crippen LogP contribution is 2.10. The molecule has 17 heteroatoms. The topological polar surface area (TPSA) is 229 Å². The van der Waals surface area contributed by atoms with Crippen LogP contribution < -0.4 is 26.6 Å². The maximum atomic E-state index is 12.5. The van der Waals surface area contributed by atoms with Crippen molar-refractivity contribution >= 4 is 53.2 Å². The van der Waals surface area contributed by atoms with E-state index in [2.05, 4.69) is 33.2 Å². The van der Waals surface area contributed by atoms with Crippen molar-refractivity contribution in [3.8, 4) is 0 Å². The summed E-state index contributed by atoms with van der Waals surface area (Å²) in [7, 11) is 0. The number of carbonyl (C=O) groups excluding carboxylic acids is 9. The lowest BCUT2D eigenvalue weighted by atomic mass is 10.1. The molecule has 9 amide bonds. The Morgan fingerprint density at radius 1 is 0.711 bits per heavy atom. The quantitative estimate of drug-likeness (QED) is 0.0516. The zero-order valence-corrected chi connectivity index (χ0v) is 24.8. The highest BCUT2D eigenvalue weighted by Gasteiger charge is 2.29. The first-order valence-electron chi connectivity index (χ1n) is 14.2. The average molecular weight is 632 g/mol. The van der Waals surface area contributed by atoms with Gasteiger partial charge in [-0.15, -0.1) is 0 Å². The van der Waals surface area contributed by atoms with E-state index in [0.29, 0.717) is 11.5 Å². The lowest BCUT2D eigenvalue weighted by Gasteiger charge is -2.19. The Morgan fingerprint density at radius 3 is 1.73 bits per heavy atom. The van der Waals surface area contributed by atoms with Crippen LogP contribution >= 0.6 is 0 Å². The SMILES string of the molecule is C=C(C(=O)NCCNC(=O)CC(CC(=O)NCCNC(=O)CCN1C(=O)C=CC1=O)NC(=O)CCOCC)N1C(=O)C=CC1=O. The van der Waals surface area contributed by atoms with Crippen molar-refractivity contribution in [3.63, 3.8) is 0 Å². The first-order chi connectivity index (χ1) is 21.4. The van der Waals surface area contributed by atoms with Crippen LogP contribution in [0.2, 0.25) is 0 Å². The lowest BCUT2D eigenvalue weighted by molar-refractivity contribution is -0.138. The predicted molar refractivity (Wildman–Crippen MR) is 155 cm³/mol. The van der Waals surface area contributed by atoms with Gasteiger partial charge >= 0.3 is 0 Å². The number of hydrogen-bond acceptors (Lipinski definition) is 10. The third-order valence-corrected chi connectivity index (χ3v) is 6.21. The van der Waals surface area contributed by atoms with E-state index in [1.807, 2.05) is 0 Å². The molecule has 2 aliphatic heterocycles. The van der Waals surface area contributed by atoms with Gasteiger partial charge in [0, 0.05) is 95.4 Å². The van der Waals surface area contributed by atoms with Gasteiger partial charge in [0.25, 0.3) is 29.5 Å². The summed E-state index contributed by atoms with van der Waals surface area (Å²) in [5.74, 6) is -5.04. The van der Waals surface area contributed by atoms with Crippen LogP contribution in [0.1, 0.15) is 32.6 Å². The van der Waals surface area contributed by atoms with E-state index < -0.39 is 59.2 Å². The molecule has 45 heavy (non-hydrogen) atoms. The van der Waals surface area contributed by atoms with Gasteiger partial charge in [-0.25, -0.2) is 4.90 Å². The Kier molecular flexibility index (Phi) is 14.8. The van der Waals surface area contributed by atoms with Crippen molar-refractivity contribution < 1.29 is 47.9 Å². The van der Waals surface area contributed by atoms with Gasteiger partial charge in [-0.2, -0.15) is 0 Å². The standard InChI is InChI=1S/C28H37N7O10/c1-3-45-15-9-21(37)33-19(16-22(38)30-11-10-29-20(36)8-14-34-24(40)4-5-25(34)41)17-23(39)31-12-13-32-28(44)18(2)35-26(42)6-7-27(35)43/h4-7,19H,2-3,8-17H2,1H3,(H,29,36)(H,30,38)(H,31,39)(H,32,44)(H,33,37). The minimum absolute atomic E-state index is 0.0117. The van der Waals surface area contributed by atoms with Gasteiger partial charge in [-0.05, 0) is 6.92 Å². The average Bonchev–Trinajstić information content (AvgIpc) is 3.50. The maximum absolute atomic E-state index is 12.5. The Balaban J connectivity index is 1.74.